The second-order valence-electron chi connectivity index (χ2n) is 8.38. The monoisotopic (exact) mass is 358 g/mol. The van der Waals surface area contributed by atoms with Gasteiger partial charge in [-0.25, -0.2) is 4.98 Å². The van der Waals surface area contributed by atoms with E-state index in [1.807, 2.05) is 22.9 Å². The molecule has 0 bridgehead atoms. The van der Waals surface area contributed by atoms with Crippen LogP contribution in [-0.2, 0) is 23.5 Å². The number of aromatic nitrogens is 2. The molecule has 2 aromatic rings. The van der Waals surface area contributed by atoms with E-state index in [9.17, 15) is 5.11 Å². The molecule has 0 spiro atoms. The summed E-state index contributed by atoms with van der Waals surface area (Å²) in [5.74, 6) is 0.701. The third kappa shape index (κ3) is 3.89. The van der Waals surface area contributed by atoms with E-state index < -0.39 is 13.7 Å². The van der Waals surface area contributed by atoms with E-state index in [1.54, 1.807) is 6.20 Å². The molecular weight excluding hydrogens is 328 g/mol. The van der Waals surface area contributed by atoms with Crippen molar-refractivity contribution in [3.05, 3.63) is 53.1 Å². The molecule has 1 aromatic heterocycles. The third-order valence-corrected chi connectivity index (χ3v) is 6.84. The van der Waals surface area contributed by atoms with Gasteiger partial charge in [0.1, 0.15) is 18.2 Å². The molecule has 0 fully saturated rings. The molecule has 1 atom stereocenters. The van der Waals surface area contributed by atoms with Crippen LogP contribution in [0.25, 0.3) is 0 Å². The molecule has 4 nitrogen and oxygen atoms in total. The van der Waals surface area contributed by atoms with Gasteiger partial charge in [0, 0.05) is 27.1 Å². The molecule has 0 saturated carbocycles. The fourth-order valence-electron chi connectivity index (χ4n) is 3.63. The first kappa shape index (κ1) is 18.4. The van der Waals surface area contributed by atoms with Crippen molar-refractivity contribution in [3.63, 3.8) is 0 Å². The van der Waals surface area contributed by atoms with E-state index >= 15 is 0 Å². The fourth-order valence-corrected chi connectivity index (χ4v) is 4.39. The predicted octanol–water partition coefficient (Wildman–Crippen LogP) is 4.08. The fraction of sp³-hybridized carbons (Fsp3) is 0.550. The highest BCUT2D eigenvalue weighted by Crippen LogP contribution is 2.40. The molecule has 1 aliphatic rings. The van der Waals surface area contributed by atoms with Gasteiger partial charge in [-0.15, -0.1) is 0 Å². The zero-order valence-electron chi connectivity index (χ0n) is 15.9. The van der Waals surface area contributed by atoms with E-state index in [2.05, 4.69) is 37.6 Å². The lowest BCUT2D eigenvalue weighted by Crippen LogP contribution is -2.35. The quantitative estimate of drug-likeness (QED) is 0.625. The normalized spacial score (nSPS) is 20.5. The van der Waals surface area contributed by atoms with Crippen molar-refractivity contribution < 1.29 is 9.84 Å². The number of benzene rings is 1. The zero-order valence-corrected chi connectivity index (χ0v) is 16.9. The Morgan fingerprint density at radius 3 is 2.88 bits per heavy atom. The van der Waals surface area contributed by atoms with Crippen molar-refractivity contribution in [2.24, 2.45) is 0 Å². The molecular formula is C20H30N2O2Si. The first-order valence-electron chi connectivity index (χ1n) is 9.22. The topological polar surface area (TPSA) is 47.3 Å². The smallest absolute Gasteiger partial charge is 0.147 e. The standard InChI is InChI=1S/C20H30N2O2Si/c1-16-7-5-9-18-17(16)8-6-10-20(18,23)19-21-11-12-22(19)15-24-13-14-25(2,3)4/h5,7,9,11-12,23H,6,8,10,13-15H2,1-4H3. The van der Waals surface area contributed by atoms with Crippen LogP contribution in [0.2, 0.25) is 25.7 Å². The van der Waals surface area contributed by atoms with Crippen molar-refractivity contribution in [1.82, 2.24) is 9.55 Å². The Hall–Kier alpha value is -1.43. The number of imidazole rings is 1. The zero-order chi connectivity index (χ0) is 18.1. The Labute approximate surface area is 151 Å². The van der Waals surface area contributed by atoms with Crippen LogP contribution in [0, 0.1) is 6.92 Å². The summed E-state index contributed by atoms with van der Waals surface area (Å²) in [7, 11) is -1.09. The van der Waals surface area contributed by atoms with Gasteiger partial charge in [-0.05, 0) is 48.9 Å². The van der Waals surface area contributed by atoms with Crippen LogP contribution >= 0.6 is 0 Å². The molecule has 25 heavy (non-hydrogen) atoms. The first-order chi connectivity index (χ1) is 11.8. The van der Waals surface area contributed by atoms with Crippen LogP contribution in [0.15, 0.2) is 30.6 Å². The van der Waals surface area contributed by atoms with Gasteiger partial charge < -0.3 is 14.4 Å². The lowest BCUT2D eigenvalue weighted by atomic mass is 9.77. The number of aliphatic hydroxyl groups is 1. The van der Waals surface area contributed by atoms with Gasteiger partial charge in [-0.2, -0.15) is 0 Å². The number of fused-ring (bicyclic) bond motifs is 1. The summed E-state index contributed by atoms with van der Waals surface area (Å²) in [4.78, 5) is 4.51. The maximum atomic E-state index is 11.5. The highest BCUT2D eigenvalue weighted by Gasteiger charge is 2.40. The summed E-state index contributed by atoms with van der Waals surface area (Å²) in [6.07, 6.45) is 6.37. The van der Waals surface area contributed by atoms with E-state index in [4.69, 9.17) is 4.74 Å². The minimum absolute atomic E-state index is 0.448. The van der Waals surface area contributed by atoms with Crippen molar-refractivity contribution in [2.45, 2.75) is 64.2 Å². The number of rotatable bonds is 6. The molecule has 136 valence electrons. The first-order valence-corrected chi connectivity index (χ1v) is 12.9. The Morgan fingerprint density at radius 1 is 1.32 bits per heavy atom. The minimum atomic E-state index is -1.09. The molecule has 0 aliphatic heterocycles. The van der Waals surface area contributed by atoms with Crippen LogP contribution in [0.5, 0.6) is 0 Å². The van der Waals surface area contributed by atoms with Crippen molar-refractivity contribution in [3.8, 4) is 0 Å². The average Bonchev–Trinajstić information content (AvgIpc) is 3.01. The molecule has 1 heterocycles. The summed E-state index contributed by atoms with van der Waals surface area (Å²) < 4.78 is 7.85. The van der Waals surface area contributed by atoms with Gasteiger partial charge in [-0.3, -0.25) is 0 Å². The summed E-state index contributed by atoms with van der Waals surface area (Å²) in [5, 5.41) is 11.5. The summed E-state index contributed by atoms with van der Waals surface area (Å²) in [5.41, 5.74) is 2.50. The lowest BCUT2D eigenvalue weighted by Gasteiger charge is -2.35. The van der Waals surface area contributed by atoms with E-state index in [0.29, 0.717) is 19.0 Å². The highest BCUT2D eigenvalue weighted by molar-refractivity contribution is 6.76. The number of nitrogens with zero attached hydrogens (tertiary/aromatic N) is 2. The molecule has 0 amide bonds. The lowest BCUT2D eigenvalue weighted by molar-refractivity contribution is 0.0309. The highest BCUT2D eigenvalue weighted by atomic mass is 28.3. The van der Waals surface area contributed by atoms with E-state index in [-0.39, 0.29) is 0 Å². The van der Waals surface area contributed by atoms with Crippen molar-refractivity contribution in [1.29, 1.82) is 0 Å². The molecule has 1 N–H and O–H groups in total. The molecule has 1 aromatic carbocycles. The van der Waals surface area contributed by atoms with Crippen LogP contribution in [0.3, 0.4) is 0 Å². The van der Waals surface area contributed by atoms with Crippen LogP contribution < -0.4 is 0 Å². The second kappa shape index (κ2) is 7.06. The molecule has 0 radical (unpaired) electrons. The van der Waals surface area contributed by atoms with Gasteiger partial charge in [0.25, 0.3) is 0 Å². The van der Waals surface area contributed by atoms with Gasteiger partial charge in [0.15, 0.2) is 0 Å². The Kier molecular flexibility index (Phi) is 5.18. The van der Waals surface area contributed by atoms with Crippen molar-refractivity contribution in [2.75, 3.05) is 6.61 Å². The largest absolute Gasteiger partial charge is 0.377 e. The minimum Gasteiger partial charge on any atom is -0.377 e. The molecule has 1 unspecified atom stereocenters. The summed E-state index contributed by atoms with van der Waals surface area (Å²) >= 11 is 0. The maximum absolute atomic E-state index is 11.5. The summed E-state index contributed by atoms with van der Waals surface area (Å²) in [6.45, 7) is 10.4. The number of hydrogen-bond acceptors (Lipinski definition) is 3. The molecule has 5 heteroatoms. The SMILES string of the molecule is Cc1cccc2c1CCCC2(O)c1nccn1COCC[Si](C)(C)C. The number of ether oxygens (including phenoxy) is 1. The van der Waals surface area contributed by atoms with Crippen LogP contribution in [0.4, 0.5) is 0 Å². The Balaban J connectivity index is 1.82. The van der Waals surface area contributed by atoms with E-state index in [1.165, 1.54) is 11.1 Å². The van der Waals surface area contributed by atoms with E-state index in [0.717, 1.165) is 31.1 Å². The maximum Gasteiger partial charge on any atom is 0.147 e. The van der Waals surface area contributed by atoms with Gasteiger partial charge in [0.2, 0.25) is 0 Å². The van der Waals surface area contributed by atoms with Gasteiger partial charge >= 0.3 is 0 Å². The Bertz CT molecular complexity index is 736. The average molecular weight is 359 g/mol. The Morgan fingerprint density at radius 2 is 2.12 bits per heavy atom. The summed E-state index contributed by atoms with van der Waals surface area (Å²) in [6, 6.07) is 7.34. The third-order valence-electron chi connectivity index (χ3n) is 5.13. The van der Waals surface area contributed by atoms with Crippen LogP contribution in [-0.4, -0.2) is 29.3 Å². The van der Waals surface area contributed by atoms with Gasteiger partial charge in [-0.1, -0.05) is 37.8 Å². The van der Waals surface area contributed by atoms with Crippen molar-refractivity contribution >= 4 is 8.07 Å². The predicted molar refractivity (Wildman–Crippen MR) is 103 cm³/mol. The molecule has 3 rings (SSSR count). The number of hydrogen-bond donors (Lipinski definition) is 1. The molecule has 1 aliphatic carbocycles. The van der Waals surface area contributed by atoms with Gasteiger partial charge in [0.05, 0.1) is 0 Å². The number of aryl methyl sites for hydroxylation is 1. The second-order valence-corrected chi connectivity index (χ2v) is 14.0. The molecule has 0 saturated heterocycles. The van der Waals surface area contributed by atoms with Crippen LogP contribution in [0.1, 0.15) is 35.4 Å².